The van der Waals surface area contributed by atoms with Gasteiger partial charge in [0.2, 0.25) is 0 Å². The Morgan fingerprint density at radius 2 is 1.96 bits per heavy atom. The summed E-state index contributed by atoms with van der Waals surface area (Å²) >= 11 is 0. The molecule has 0 bridgehead atoms. The number of rotatable bonds is 11. The van der Waals surface area contributed by atoms with Gasteiger partial charge in [0.25, 0.3) is 0 Å². The van der Waals surface area contributed by atoms with Gasteiger partial charge in [0.15, 0.2) is 17.5 Å². The third kappa shape index (κ3) is 8.12. The summed E-state index contributed by atoms with van der Waals surface area (Å²) in [6, 6.07) is 5.82. The topological polar surface area (TPSA) is 64.1 Å². The molecule has 0 radical (unpaired) electrons. The highest BCUT2D eigenvalue weighted by Gasteiger charge is 2.09. The molecular formula is C19H33N3O3. The van der Waals surface area contributed by atoms with E-state index in [1.54, 1.807) is 14.2 Å². The molecule has 6 heteroatoms. The summed E-state index contributed by atoms with van der Waals surface area (Å²) in [5.74, 6) is 2.81. The molecule has 0 saturated heterocycles. The summed E-state index contributed by atoms with van der Waals surface area (Å²) in [6.07, 6.45) is 0.944. The maximum Gasteiger partial charge on any atom is 0.191 e. The van der Waals surface area contributed by atoms with Crippen LogP contribution in [0.2, 0.25) is 0 Å². The number of guanidine groups is 1. The molecule has 0 aliphatic heterocycles. The van der Waals surface area contributed by atoms with Gasteiger partial charge in [0.05, 0.1) is 20.8 Å². The van der Waals surface area contributed by atoms with Gasteiger partial charge in [0, 0.05) is 31.9 Å². The summed E-state index contributed by atoms with van der Waals surface area (Å²) in [5, 5.41) is 6.59. The van der Waals surface area contributed by atoms with Gasteiger partial charge >= 0.3 is 0 Å². The van der Waals surface area contributed by atoms with Crippen LogP contribution in [0.3, 0.4) is 0 Å². The number of nitrogens with one attached hydrogen (secondary N) is 2. The van der Waals surface area contributed by atoms with E-state index in [1.807, 2.05) is 18.2 Å². The first-order chi connectivity index (χ1) is 12.1. The maximum atomic E-state index is 5.59. The molecule has 0 saturated carbocycles. The van der Waals surface area contributed by atoms with Crippen molar-refractivity contribution in [3.05, 3.63) is 23.8 Å². The second-order valence-electron chi connectivity index (χ2n) is 6.10. The highest BCUT2D eigenvalue weighted by atomic mass is 16.5. The standard InChI is InChI=1S/C19H33N3O3/c1-6-20-19(21-11-8-12-25-14-15(2)3)22-13-16-9-7-10-17(23-4)18(16)24-5/h7,9-10,15H,6,8,11-14H2,1-5H3,(H2,20,21,22). The molecule has 2 N–H and O–H groups in total. The molecule has 6 nitrogen and oxygen atoms in total. The lowest BCUT2D eigenvalue weighted by Crippen LogP contribution is -2.38. The minimum absolute atomic E-state index is 0.513. The fourth-order valence-electron chi connectivity index (χ4n) is 2.28. The van der Waals surface area contributed by atoms with E-state index >= 15 is 0 Å². The van der Waals surface area contributed by atoms with Crippen molar-refractivity contribution >= 4 is 5.96 Å². The van der Waals surface area contributed by atoms with Gasteiger partial charge in [-0.25, -0.2) is 4.99 Å². The molecule has 1 aromatic rings. The highest BCUT2D eigenvalue weighted by molar-refractivity contribution is 5.79. The predicted octanol–water partition coefficient (Wildman–Crippen LogP) is 2.82. The van der Waals surface area contributed by atoms with Crippen LogP contribution in [0.5, 0.6) is 11.5 Å². The van der Waals surface area contributed by atoms with Crippen molar-refractivity contribution in [1.82, 2.24) is 10.6 Å². The van der Waals surface area contributed by atoms with Crippen molar-refractivity contribution in [2.24, 2.45) is 10.9 Å². The number of hydrogen-bond donors (Lipinski definition) is 2. The van der Waals surface area contributed by atoms with E-state index in [-0.39, 0.29) is 0 Å². The smallest absolute Gasteiger partial charge is 0.191 e. The van der Waals surface area contributed by atoms with Crippen LogP contribution >= 0.6 is 0 Å². The van der Waals surface area contributed by atoms with E-state index in [1.165, 1.54) is 0 Å². The SMILES string of the molecule is CCNC(=NCc1cccc(OC)c1OC)NCCCOCC(C)C. The van der Waals surface area contributed by atoms with Gasteiger partial charge in [-0.1, -0.05) is 26.0 Å². The Labute approximate surface area is 152 Å². The number of hydrogen-bond acceptors (Lipinski definition) is 4. The zero-order valence-corrected chi connectivity index (χ0v) is 16.2. The average molecular weight is 351 g/mol. The molecule has 0 fully saturated rings. The first kappa shape index (κ1) is 21.1. The van der Waals surface area contributed by atoms with E-state index in [0.717, 1.165) is 55.7 Å². The van der Waals surface area contributed by atoms with Gasteiger partial charge in [0.1, 0.15) is 0 Å². The molecule has 0 spiro atoms. The summed E-state index contributed by atoms with van der Waals surface area (Å²) in [5.41, 5.74) is 0.985. The Kier molecular flexibility index (Phi) is 10.5. The lowest BCUT2D eigenvalue weighted by molar-refractivity contribution is 0.108. The first-order valence-corrected chi connectivity index (χ1v) is 8.92. The Bertz CT molecular complexity index is 519. The molecule has 1 aromatic carbocycles. The Morgan fingerprint density at radius 1 is 1.16 bits per heavy atom. The average Bonchev–Trinajstić information content (AvgIpc) is 2.61. The minimum Gasteiger partial charge on any atom is -0.493 e. The quantitative estimate of drug-likeness (QED) is 0.365. The zero-order valence-electron chi connectivity index (χ0n) is 16.2. The Morgan fingerprint density at radius 3 is 2.60 bits per heavy atom. The summed E-state index contributed by atoms with van der Waals surface area (Å²) < 4.78 is 16.4. The minimum atomic E-state index is 0.513. The third-order valence-corrected chi connectivity index (χ3v) is 3.45. The zero-order chi connectivity index (χ0) is 18.5. The van der Waals surface area contributed by atoms with Crippen LogP contribution in [0.25, 0.3) is 0 Å². The predicted molar refractivity (Wildman–Crippen MR) is 103 cm³/mol. The van der Waals surface area contributed by atoms with E-state index in [4.69, 9.17) is 14.2 Å². The molecule has 0 heterocycles. The third-order valence-electron chi connectivity index (χ3n) is 3.45. The van der Waals surface area contributed by atoms with Crippen LogP contribution in [-0.2, 0) is 11.3 Å². The number of methoxy groups -OCH3 is 2. The van der Waals surface area contributed by atoms with E-state index in [2.05, 4.69) is 36.4 Å². The van der Waals surface area contributed by atoms with Crippen LogP contribution in [0.15, 0.2) is 23.2 Å². The van der Waals surface area contributed by atoms with Gasteiger partial charge in [-0.05, 0) is 25.3 Å². The van der Waals surface area contributed by atoms with E-state index < -0.39 is 0 Å². The number of nitrogens with zero attached hydrogens (tertiary/aromatic N) is 1. The van der Waals surface area contributed by atoms with Crippen molar-refractivity contribution in [2.75, 3.05) is 40.5 Å². The first-order valence-electron chi connectivity index (χ1n) is 8.92. The van der Waals surface area contributed by atoms with Gasteiger partial charge in [-0.15, -0.1) is 0 Å². The maximum absolute atomic E-state index is 5.59. The van der Waals surface area contributed by atoms with Gasteiger partial charge in [-0.3, -0.25) is 0 Å². The second-order valence-corrected chi connectivity index (χ2v) is 6.10. The molecule has 0 unspecified atom stereocenters. The van der Waals surface area contributed by atoms with Gasteiger partial charge in [-0.2, -0.15) is 0 Å². The number of ether oxygens (including phenoxy) is 3. The second kappa shape index (κ2) is 12.4. The molecule has 142 valence electrons. The van der Waals surface area contributed by atoms with Gasteiger partial charge < -0.3 is 24.8 Å². The van der Waals surface area contributed by atoms with E-state index in [9.17, 15) is 0 Å². The largest absolute Gasteiger partial charge is 0.493 e. The Balaban J connectivity index is 2.55. The highest BCUT2D eigenvalue weighted by Crippen LogP contribution is 2.30. The monoisotopic (exact) mass is 351 g/mol. The van der Waals surface area contributed by atoms with Crippen molar-refractivity contribution in [1.29, 1.82) is 0 Å². The van der Waals surface area contributed by atoms with Crippen LogP contribution in [0.4, 0.5) is 0 Å². The summed E-state index contributed by atoms with van der Waals surface area (Å²) in [7, 11) is 3.28. The lowest BCUT2D eigenvalue weighted by atomic mass is 10.2. The number of benzene rings is 1. The van der Waals surface area contributed by atoms with Crippen LogP contribution in [0, 0.1) is 5.92 Å². The molecule has 0 amide bonds. The molecule has 1 rings (SSSR count). The van der Waals surface area contributed by atoms with Crippen LogP contribution in [-0.4, -0.2) is 46.5 Å². The normalized spacial score (nSPS) is 11.5. The fourth-order valence-corrected chi connectivity index (χ4v) is 2.28. The van der Waals surface area contributed by atoms with Crippen molar-refractivity contribution in [3.8, 4) is 11.5 Å². The number of aliphatic imine (C=N–C) groups is 1. The lowest BCUT2D eigenvalue weighted by Gasteiger charge is -2.14. The Hall–Kier alpha value is -1.95. The number of para-hydroxylation sites is 1. The fraction of sp³-hybridized carbons (Fsp3) is 0.632. The van der Waals surface area contributed by atoms with Crippen molar-refractivity contribution < 1.29 is 14.2 Å². The molecular weight excluding hydrogens is 318 g/mol. The molecule has 0 aliphatic rings. The van der Waals surface area contributed by atoms with Crippen LogP contribution < -0.4 is 20.1 Å². The van der Waals surface area contributed by atoms with E-state index in [0.29, 0.717) is 12.5 Å². The molecule has 25 heavy (non-hydrogen) atoms. The van der Waals surface area contributed by atoms with Crippen molar-refractivity contribution in [2.45, 2.75) is 33.7 Å². The molecule has 0 aromatic heterocycles. The summed E-state index contributed by atoms with van der Waals surface area (Å²) in [4.78, 5) is 4.63. The molecule has 0 aliphatic carbocycles. The molecule has 0 atom stereocenters. The van der Waals surface area contributed by atoms with Crippen molar-refractivity contribution in [3.63, 3.8) is 0 Å². The van der Waals surface area contributed by atoms with Crippen LogP contribution in [0.1, 0.15) is 32.8 Å². The summed E-state index contributed by atoms with van der Waals surface area (Å²) in [6.45, 7) is 10.1.